The number of carboxylic acid groups (broad SMARTS) is 1. The molecule has 3 N–H and O–H groups in total. The monoisotopic (exact) mass is 447 g/mol. The Hall–Kier alpha value is -3.68. The van der Waals surface area contributed by atoms with E-state index >= 15 is 0 Å². The average Bonchev–Trinajstić information content (AvgIpc) is 3.21. The van der Waals surface area contributed by atoms with Crippen molar-refractivity contribution in [1.82, 2.24) is 19.9 Å². The second-order valence-corrected chi connectivity index (χ2v) is 8.28. The lowest BCUT2D eigenvalue weighted by Gasteiger charge is -2.21. The van der Waals surface area contributed by atoms with Gasteiger partial charge >= 0.3 is 5.97 Å². The van der Waals surface area contributed by atoms with Crippen molar-refractivity contribution in [1.29, 1.82) is 0 Å². The van der Waals surface area contributed by atoms with Crippen LogP contribution in [0.4, 0.5) is 5.82 Å². The number of nitrogens with one attached hydrogen (secondary N) is 2. The third kappa shape index (κ3) is 4.33. The Balaban J connectivity index is 1.56. The zero-order valence-corrected chi connectivity index (χ0v) is 19.2. The number of aromatic nitrogens is 3. The number of aliphatic carboxylic acids is 1. The molecule has 0 aliphatic carbocycles. The average molecular weight is 448 g/mol. The summed E-state index contributed by atoms with van der Waals surface area (Å²) in [4.78, 5) is 37.1. The molecule has 172 valence electrons. The van der Waals surface area contributed by atoms with Gasteiger partial charge in [-0.25, -0.2) is 4.98 Å². The maximum Gasteiger partial charge on any atom is 0.303 e. The molecule has 0 bridgehead atoms. The first kappa shape index (κ1) is 22.5. The number of carboxylic acids is 1. The van der Waals surface area contributed by atoms with Gasteiger partial charge in [0.25, 0.3) is 0 Å². The molecule has 1 amide bonds. The number of carbonyl (C=O) groups excluding carboxylic acids is 1. The van der Waals surface area contributed by atoms with Crippen molar-refractivity contribution >= 4 is 50.3 Å². The van der Waals surface area contributed by atoms with E-state index in [9.17, 15) is 9.59 Å². The van der Waals surface area contributed by atoms with Crippen LogP contribution in [0.2, 0.25) is 0 Å². The lowest BCUT2D eigenvalue weighted by molar-refractivity contribution is -0.140. The fourth-order valence-electron chi connectivity index (χ4n) is 4.56. The van der Waals surface area contributed by atoms with E-state index in [0.29, 0.717) is 19.6 Å². The zero-order valence-electron chi connectivity index (χ0n) is 19.2. The molecule has 33 heavy (non-hydrogen) atoms. The summed E-state index contributed by atoms with van der Waals surface area (Å²) >= 11 is 0. The number of anilines is 1. The van der Waals surface area contributed by atoms with Crippen LogP contribution in [0.3, 0.4) is 0 Å². The number of benzene rings is 1. The Bertz CT molecular complexity index is 1340. The van der Waals surface area contributed by atoms with Crippen molar-refractivity contribution in [2.24, 2.45) is 0 Å². The van der Waals surface area contributed by atoms with Gasteiger partial charge in [-0.2, -0.15) is 0 Å². The molecule has 8 nitrogen and oxygen atoms in total. The number of amides is 1. The van der Waals surface area contributed by atoms with Crippen molar-refractivity contribution < 1.29 is 14.7 Å². The predicted molar refractivity (Wildman–Crippen MR) is 131 cm³/mol. The number of pyridine rings is 2. The van der Waals surface area contributed by atoms with Crippen molar-refractivity contribution in [2.75, 3.05) is 25.0 Å². The molecule has 0 aliphatic heterocycles. The fraction of sp³-hybridized carbons (Fsp3) is 0.360. The molecule has 8 heteroatoms. The van der Waals surface area contributed by atoms with Crippen LogP contribution in [-0.4, -0.2) is 56.5 Å². The first-order chi connectivity index (χ1) is 15.9. The number of H-pyrrole nitrogens is 1. The van der Waals surface area contributed by atoms with E-state index in [-0.39, 0.29) is 18.7 Å². The van der Waals surface area contributed by atoms with Crippen molar-refractivity contribution in [2.45, 2.75) is 40.0 Å². The normalized spacial score (nSPS) is 11.4. The van der Waals surface area contributed by atoms with Gasteiger partial charge in [0, 0.05) is 66.3 Å². The van der Waals surface area contributed by atoms with E-state index in [4.69, 9.17) is 5.11 Å². The summed E-state index contributed by atoms with van der Waals surface area (Å²) in [5.41, 5.74) is 4.52. The van der Waals surface area contributed by atoms with Gasteiger partial charge in [-0.1, -0.05) is 0 Å². The number of aryl methyl sites for hydroxylation is 2. The minimum atomic E-state index is -0.950. The maximum absolute atomic E-state index is 12.2. The second-order valence-electron chi connectivity index (χ2n) is 8.28. The zero-order chi connectivity index (χ0) is 23.5. The number of hydrogen-bond acceptors (Lipinski definition) is 5. The first-order valence-corrected chi connectivity index (χ1v) is 11.3. The Morgan fingerprint density at radius 3 is 2.67 bits per heavy atom. The lowest BCUT2D eigenvalue weighted by Crippen LogP contribution is -2.32. The molecular formula is C25H29N5O3. The summed E-state index contributed by atoms with van der Waals surface area (Å²) in [5.74, 6) is -0.243. The molecule has 0 radical (unpaired) electrons. The molecule has 0 spiro atoms. The minimum absolute atomic E-state index is 0.0371. The Morgan fingerprint density at radius 2 is 1.91 bits per heavy atom. The van der Waals surface area contributed by atoms with Crippen molar-refractivity contribution in [3.05, 3.63) is 41.9 Å². The van der Waals surface area contributed by atoms with Gasteiger partial charge < -0.3 is 20.3 Å². The van der Waals surface area contributed by atoms with E-state index in [2.05, 4.69) is 34.1 Å². The van der Waals surface area contributed by atoms with Crippen molar-refractivity contribution in [3.8, 4) is 0 Å². The Kier molecular flexibility index (Phi) is 6.44. The number of fused-ring (bicyclic) bond motifs is 4. The predicted octanol–water partition coefficient (Wildman–Crippen LogP) is 4.40. The van der Waals surface area contributed by atoms with Crippen LogP contribution in [0.15, 0.2) is 30.7 Å². The number of rotatable bonds is 9. The summed E-state index contributed by atoms with van der Waals surface area (Å²) < 4.78 is 0. The van der Waals surface area contributed by atoms with Crippen molar-refractivity contribution in [3.63, 3.8) is 0 Å². The highest BCUT2D eigenvalue weighted by molar-refractivity contribution is 6.17. The molecule has 3 aromatic heterocycles. The fourth-order valence-corrected chi connectivity index (χ4v) is 4.56. The molecule has 0 atom stereocenters. The summed E-state index contributed by atoms with van der Waals surface area (Å²) in [6, 6.07) is 4.04. The van der Waals surface area contributed by atoms with Gasteiger partial charge in [-0.15, -0.1) is 0 Å². The number of nitrogens with zero attached hydrogens (tertiary/aromatic N) is 3. The SMILES string of the molecule is CCN(CCCNc1nccc2c(C)c3[nH]c4ccncc4c3c(C)c12)C(=O)CCC(=O)O. The number of hydrogen-bond donors (Lipinski definition) is 3. The van der Waals surface area contributed by atoms with Gasteiger partial charge in [-0.05, 0) is 55.8 Å². The minimum Gasteiger partial charge on any atom is -0.481 e. The van der Waals surface area contributed by atoms with Crippen LogP contribution in [-0.2, 0) is 9.59 Å². The van der Waals surface area contributed by atoms with Crippen LogP contribution in [0, 0.1) is 13.8 Å². The van der Waals surface area contributed by atoms with E-state index in [1.54, 1.807) is 11.1 Å². The van der Waals surface area contributed by atoms with Gasteiger partial charge in [0.15, 0.2) is 0 Å². The van der Waals surface area contributed by atoms with Gasteiger partial charge in [0.2, 0.25) is 5.91 Å². The summed E-state index contributed by atoms with van der Waals surface area (Å²) in [5, 5.41) is 16.8. The highest BCUT2D eigenvalue weighted by Gasteiger charge is 2.17. The van der Waals surface area contributed by atoms with Gasteiger partial charge in [0.05, 0.1) is 11.9 Å². The third-order valence-electron chi connectivity index (χ3n) is 6.26. The topological polar surface area (TPSA) is 111 Å². The number of aromatic amines is 1. The third-order valence-corrected chi connectivity index (χ3v) is 6.26. The molecular weight excluding hydrogens is 418 g/mol. The van der Waals surface area contributed by atoms with Gasteiger partial charge in [0.1, 0.15) is 5.82 Å². The maximum atomic E-state index is 12.2. The van der Waals surface area contributed by atoms with Crippen LogP contribution >= 0.6 is 0 Å². The highest BCUT2D eigenvalue weighted by Crippen LogP contribution is 2.38. The molecule has 0 aliphatic rings. The second kappa shape index (κ2) is 9.44. The largest absolute Gasteiger partial charge is 0.481 e. The van der Waals surface area contributed by atoms with Crippen LogP contribution in [0.25, 0.3) is 32.6 Å². The molecule has 4 aromatic rings. The molecule has 1 aromatic carbocycles. The van der Waals surface area contributed by atoms with E-state index in [1.165, 1.54) is 10.9 Å². The molecule has 0 unspecified atom stereocenters. The molecule has 3 heterocycles. The molecule has 0 fully saturated rings. The lowest BCUT2D eigenvalue weighted by atomic mass is 9.96. The quantitative estimate of drug-likeness (QED) is 0.328. The summed E-state index contributed by atoms with van der Waals surface area (Å²) in [6.45, 7) is 7.95. The Labute approximate surface area is 192 Å². The molecule has 0 saturated heterocycles. The number of carbonyl (C=O) groups is 2. The van der Waals surface area contributed by atoms with Crippen LogP contribution in [0.1, 0.15) is 37.3 Å². The summed E-state index contributed by atoms with van der Waals surface area (Å²) in [6.07, 6.45) is 6.15. The summed E-state index contributed by atoms with van der Waals surface area (Å²) in [7, 11) is 0. The smallest absolute Gasteiger partial charge is 0.303 e. The van der Waals surface area contributed by atoms with E-state index in [1.807, 2.05) is 31.5 Å². The first-order valence-electron chi connectivity index (χ1n) is 11.3. The van der Waals surface area contributed by atoms with E-state index < -0.39 is 5.97 Å². The Morgan fingerprint density at radius 1 is 1.09 bits per heavy atom. The van der Waals surface area contributed by atoms with Crippen LogP contribution in [0.5, 0.6) is 0 Å². The van der Waals surface area contributed by atoms with Gasteiger partial charge in [-0.3, -0.25) is 14.6 Å². The molecule has 0 saturated carbocycles. The van der Waals surface area contributed by atoms with Crippen LogP contribution < -0.4 is 5.32 Å². The standard InChI is InChI=1S/C25H29N5O3/c1-4-30(20(31)6-7-21(32)33)13-5-10-27-25-23-16(3)22-18-14-26-11-9-19(18)29-24(22)15(2)17(23)8-12-28-25/h8-9,11-12,14,29H,4-7,10,13H2,1-3H3,(H,27,28)(H,32,33). The van der Waals surface area contributed by atoms with E-state index in [0.717, 1.165) is 45.0 Å². The molecule has 4 rings (SSSR count). The highest BCUT2D eigenvalue weighted by atomic mass is 16.4.